The summed E-state index contributed by atoms with van der Waals surface area (Å²) in [6.07, 6.45) is 0. The van der Waals surface area contributed by atoms with Crippen LogP contribution in [0.5, 0.6) is 0 Å². The van der Waals surface area contributed by atoms with Gasteiger partial charge in [-0.3, -0.25) is 0 Å². The van der Waals surface area contributed by atoms with Gasteiger partial charge in [-0.05, 0) is 40.0 Å². The Morgan fingerprint density at radius 1 is 1.44 bits per heavy atom. The molecule has 0 saturated heterocycles. The van der Waals surface area contributed by atoms with Gasteiger partial charge in [-0.25, -0.2) is 9.78 Å². The van der Waals surface area contributed by atoms with Crippen LogP contribution < -0.4 is 0 Å². The predicted octanol–water partition coefficient (Wildman–Crippen LogP) is 3.61. The van der Waals surface area contributed by atoms with E-state index in [0.29, 0.717) is 0 Å². The third-order valence-electron chi connectivity index (χ3n) is 2.70. The molecule has 1 atom stereocenters. The number of aromatic nitrogens is 2. The van der Waals surface area contributed by atoms with Crippen molar-refractivity contribution in [1.29, 1.82) is 0 Å². The Labute approximate surface area is 117 Å². The Balaban J connectivity index is 2.55. The van der Waals surface area contributed by atoms with Crippen molar-refractivity contribution >= 4 is 33.5 Å². The van der Waals surface area contributed by atoms with Crippen LogP contribution in [-0.4, -0.2) is 20.6 Å². The van der Waals surface area contributed by atoms with Crippen LogP contribution in [0, 0.1) is 0 Å². The minimum absolute atomic E-state index is 0.0522. The van der Waals surface area contributed by atoms with E-state index in [0.717, 1.165) is 5.56 Å². The highest BCUT2D eigenvalue weighted by atomic mass is 79.9. The molecular weight excluding hydrogens is 320 g/mol. The minimum Gasteiger partial charge on any atom is -0.476 e. The first kappa shape index (κ1) is 13.1. The molecule has 0 saturated carbocycles. The number of carboxylic acid groups (broad SMARTS) is 1. The number of rotatable bonds is 3. The fourth-order valence-corrected chi connectivity index (χ4v) is 2.75. The third-order valence-corrected chi connectivity index (χ3v) is 3.52. The zero-order valence-corrected chi connectivity index (χ0v) is 11.8. The largest absolute Gasteiger partial charge is 0.476 e. The highest BCUT2D eigenvalue weighted by Gasteiger charge is 2.24. The fourth-order valence-electron chi connectivity index (χ4n) is 1.80. The molecule has 0 amide bonds. The summed E-state index contributed by atoms with van der Waals surface area (Å²) in [6, 6.07) is 9.32. The summed E-state index contributed by atoms with van der Waals surface area (Å²) in [4.78, 5) is 15.2. The normalized spacial score (nSPS) is 12.4. The second-order valence-electron chi connectivity index (χ2n) is 3.78. The molecule has 0 aliphatic carbocycles. The lowest BCUT2D eigenvalue weighted by molar-refractivity contribution is 0.0683. The summed E-state index contributed by atoms with van der Waals surface area (Å²) in [5, 5.41) is 9.35. The highest BCUT2D eigenvalue weighted by molar-refractivity contribution is 9.10. The van der Waals surface area contributed by atoms with Gasteiger partial charge in [-0.15, -0.1) is 0 Å². The van der Waals surface area contributed by atoms with Crippen LogP contribution in [0.1, 0.15) is 29.0 Å². The molecule has 2 rings (SSSR count). The summed E-state index contributed by atoms with van der Waals surface area (Å²) in [6.45, 7) is 1.88. The van der Waals surface area contributed by atoms with E-state index in [-0.39, 0.29) is 21.6 Å². The van der Waals surface area contributed by atoms with Gasteiger partial charge in [-0.2, -0.15) is 0 Å². The van der Waals surface area contributed by atoms with Crippen molar-refractivity contribution < 1.29 is 9.90 Å². The summed E-state index contributed by atoms with van der Waals surface area (Å²) in [7, 11) is 0. The van der Waals surface area contributed by atoms with E-state index in [4.69, 9.17) is 11.6 Å². The van der Waals surface area contributed by atoms with E-state index in [1.54, 1.807) is 0 Å². The molecule has 94 valence electrons. The lowest BCUT2D eigenvalue weighted by atomic mass is 10.1. The van der Waals surface area contributed by atoms with E-state index < -0.39 is 5.97 Å². The number of hydrogen-bond acceptors (Lipinski definition) is 2. The number of imidazole rings is 1. The predicted molar refractivity (Wildman–Crippen MR) is 72.2 cm³/mol. The summed E-state index contributed by atoms with van der Waals surface area (Å²) in [5.74, 6) is -1.07. The van der Waals surface area contributed by atoms with Gasteiger partial charge in [0, 0.05) is 0 Å². The first-order chi connectivity index (χ1) is 8.52. The number of carbonyl (C=O) groups is 1. The van der Waals surface area contributed by atoms with Gasteiger partial charge < -0.3 is 9.67 Å². The molecule has 4 nitrogen and oxygen atoms in total. The smallest absolute Gasteiger partial charge is 0.355 e. The Morgan fingerprint density at radius 3 is 2.61 bits per heavy atom. The van der Waals surface area contributed by atoms with E-state index in [9.17, 15) is 9.90 Å². The van der Waals surface area contributed by atoms with Gasteiger partial charge in [-0.1, -0.05) is 30.3 Å². The lowest BCUT2D eigenvalue weighted by Crippen LogP contribution is -2.14. The van der Waals surface area contributed by atoms with Crippen molar-refractivity contribution in [2.24, 2.45) is 0 Å². The van der Waals surface area contributed by atoms with Gasteiger partial charge in [0.2, 0.25) is 5.28 Å². The van der Waals surface area contributed by atoms with Gasteiger partial charge in [0.25, 0.3) is 0 Å². The second kappa shape index (κ2) is 5.12. The van der Waals surface area contributed by atoms with Crippen molar-refractivity contribution in [3.8, 4) is 0 Å². The molecule has 0 bridgehead atoms. The van der Waals surface area contributed by atoms with Gasteiger partial charge in [0.05, 0.1) is 6.04 Å². The maximum Gasteiger partial charge on any atom is 0.355 e. The quantitative estimate of drug-likeness (QED) is 0.936. The van der Waals surface area contributed by atoms with E-state index in [1.165, 1.54) is 4.57 Å². The maximum absolute atomic E-state index is 11.2. The number of carboxylic acids is 1. The fraction of sp³-hybridized carbons (Fsp3) is 0.167. The molecule has 1 heterocycles. The third kappa shape index (κ3) is 2.28. The highest BCUT2D eigenvalue weighted by Crippen LogP contribution is 2.29. The molecule has 0 aliphatic rings. The molecule has 18 heavy (non-hydrogen) atoms. The number of aromatic carboxylic acids is 1. The van der Waals surface area contributed by atoms with Gasteiger partial charge >= 0.3 is 5.97 Å². The SMILES string of the molecule is CC(c1ccccc1)n1c(Cl)nc(Br)c1C(=O)O. The monoisotopic (exact) mass is 328 g/mol. The van der Waals surface area contributed by atoms with Crippen molar-refractivity contribution in [3.63, 3.8) is 0 Å². The lowest BCUT2D eigenvalue weighted by Gasteiger charge is -2.16. The Hall–Kier alpha value is -1.33. The van der Waals surface area contributed by atoms with E-state index in [2.05, 4.69) is 20.9 Å². The molecular formula is C12H10BrClN2O2. The first-order valence-electron chi connectivity index (χ1n) is 5.24. The number of benzene rings is 1. The summed E-state index contributed by atoms with van der Waals surface area (Å²) < 4.78 is 1.73. The molecule has 1 unspecified atom stereocenters. The minimum atomic E-state index is -1.07. The molecule has 1 N–H and O–H groups in total. The Morgan fingerprint density at radius 2 is 2.06 bits per heavy atom. The summed E-state index contributed by atoms with van der Waals surface area (Å²) >= 11 is 9.11. The molecule has 1 aromatic heterocycles. The Kier molecular flexibility index (Phi) is 3.73. The van der Waals surface area contributed by atoms with Crippen LogP contribution in [0.3, 0.4) is 0 Å². The van der Waals surface area contributed by atoms with Crippen molar-refractivity contribution in [3.05, 3.63) is 51.5 Å². The van der Waals surface area contributed by atoms with Crippen LogP contribution in [-0.2, 0) is 0 Å². The molecule has 2 aromatic rings. The molecule has 0 radical (unpaired) electrons. The molecule has 0 aliphatic heterocycles. The molecule has 1 aromatic carbocycles. The maximum atomic E-state index is 11.2. The average Bonchev–Trinajstić information content (AvgIpc) is 2.64. The zero-order chi connectivity index (χ0) is 13.3. The first-order valence-corrected chi connectivity index (χ1v) is 6.41. The molecule has 6 heteroatoms. The number of nitrogens with zero attached hydrogens (tertiary/aromatic N) is 2. The van der Waals surface area contributed by atoms with E-state index in [1.807, 2.05) is 37.3 Å². The topological polar surface area (TPSA) is 55.1 Å². The molecule has 0 spiro atoms. The van der Waals surface area contributed by atoms with Gasteiger partial charge in [0.1, 0.15) is 4.60 Å². The van der Waals surface area contributed by atoms with Crippen LogP contribution in [0.4, 0.5) is 0 Å². The van der Waals surface area contributed by atoms with Gasteiger partial charge in [0.15, 0.2) is 5.69 Å². The Bertz CT molecular complexity index is 583. The molecule has 0 fully saturated rings. The van der Waals surface area contributed by atoms with Crippen molar-refractivity contribution in [1.82, 2.24) is 9.55 Å². The zero-order valence-electron chi connectivity index (χ0n) is 9.47. The van der Waals surface area contributed by atoms with Crippen LogP contribution in [0.15, 0.2) is 34.9 Å². The van der Waals surface area contributed by atoms with Crippen molar-refractivity contribution in [2.75, 3.05) is 0 Å². The van der Waals surface area contributed by atoms with E-state index >= 15 is 0 Å². The number of halogens is 2. The number of hydrogen-bond donors (Lipinski definition) is 1. The standard InChI is InChI=1S/C12H10BrClN2O2/c1-7(8-5-3-2-4-6-8)16-9(11(17)18)10(13)15-12(16)14/h2-7H,1H3,(H,17,18). The second-order valence-corrected chi connectivity index (χ2v) is 4.87. The van der Waals surface area contributed by atoms with Crippen LogP contribution in [0.2, 0.25) is 5.28 Å². The van der Waals surface area contributed by atoms with Crippen LogP contribution in [0.25, 0.3) is 0 Å². The van der Waals surface area contributed by atoms with Crippen molar-refractivity contribution in [2.45, 2.75) is 13.0 Å². The summed E-state index contributed by atoms with van der Waals surface area (Å²) in [5.41, 5.74) is 1.02. The van der Waals surface area contributed by atoms with Crippen LogP contribution >= 0.6 is 27.5 Å². The average molecular weight is 330 g/mol.